The standard InChI is InChI=1S/C21H17IN2O2/c22-18-14-8-7-13-17(18)20(25)23-24-21(26)19(15-9-3-1-4-10-15)16-11-5-2-6-12-16/h1-14,19H,(H,23,25)(H,24,26). The molecule has 0 bridgehead atoms. The van der Waals surface area contributed by atoms with Crippen molar-refractivity contribution < 1.29 is 9.59 Å². The minimum absolute atomic E-state index is 0.290. The Balaban J connectivity index is 1.78. The zero-order chi connectivity index (χ0) is 18.4. The fraction of sp³-hybridized carbons (Fsp3) is 0.0476. The topological polar surface area (TPSA) is 58.2 Å². The lowest BCUT2D eigenvalue weighted by molar-refractivity contribution is -0.122. The molecule has 0 aliphatic rings. The zero-order valence-electron chi connectivity index (χ0n) is 13.9. The SMILES string of the molecule is O=C(NNC(=O)C(c1ccccc1)c1ccccc1)c1ccccc1I. The third-order valence-corrected chi connectivity index (χ3v) is 4.89. The van der Waals surface area contributed by atoms with E-state index < -0.39 is 5.92 Å². The van der Waals surface area contributed by atoms with Crippen LogP contribution in [0, 0.1) is 3.57 Å². The molecule has 0 saturated carbocycles. The van der Waals surface area contributed by atoms with E-state index in [1.165, 1.54) is 0 Å². The van der Waals surface area contributed by atoms with E-state index in [1.807, 2.05) is 72.8 Å². The second kappa shape index (κ2) is 8.62. The van der Waals surface area contributed by atoms with E-state index in [0.29, 0.717) is 5.56 Å². The molecule has 3 aromatic carbocycles. The number of nitrogens with one attached hydrogen (secondary N) is 2. The number of carbonyl (C=O) groups excluding carboxylic acids is 2. The van der Waals surface area contributed by atoms with Crippen LogP contribution in [0.2, 0.25) is 0 Å². The van der Waals surface area contributed by atoms with E-state index in [2.05, 4.69) is 33.4 Å². The largest absolute Gasteiger partial charge is 0.272 e. The highest BCUT2D eigenvalue weighted by atomic mass is 127. The van der Waals surface area contributed by atoms with Gasteiger partial charge in [0, 0.05) is 3.57 Å². The average Bonchev–Trinajstić information content (AvgIpc) is 2.68. The van der Waals surface area contributed by atoms with Crippen molar-refractivity contribution in [3.63, 3.8) is 0 Å². The lowest BCUT2D eigenvalue weighted by Crippen LogP contribution is -2.44. The number of hydrazine groups is 1. The summed E-state index contributed by atoms with van der Waals surface area (Å²) in [7, 11) is 0. The van der Waals surface area contributed by atoms with Gasteiger partial charge >= 0.3 is 0 Å². The van der Waals surface area contributed by atoms with Crippen molar-refractivity contribution >= 4 is 34.4 Å². The van der Waals surface area contributed by atoms with E-state index in [-0.39, 0.29) is 11.8 Å². The molecule has 0 aliphatic heterocycles. The fourth-order valence-corrected chi connectivity index (χ4v) is 3.32. The van der Waals surface area contributed by atoms with Crippen molar-refractivity contribution in [1.29, 1.82) is 0 Å². The summed E-state index contributed by atoms with van der Waals surface area (Å²) in [4.78, 5) is 25.2. The van der Waals surface area contributed by atoms with Crippen LogP contribution in [0.3, 0.4) is 0 Å². The summed E-state index contributed by atoms with van der Waals surface area (Å²) in [5, 5.41) is 0. The number of halogens is 1. The van der Waals surface area contributed by atoms with Gasteiger partial charge in [0.15, 0.2) is 0 Å². The Morgan fingerprint density at radius 1 is 0.692 bits per heavy atom. The molecule has 0 aliphatic carbocycles. The Labute approximate surface area is 165 Å². The first-order valence-corrected chi connectivity index (χ1v) is 9.19. The van der Waals surface area contributed by atoms with Crippen LogP contribution in [0.1, 0.15) is 27.4 Å². The summed E-state index contributed by atoms with van der Waals surface area (Å²) in [6, 6.07) is 26.2. The van der Waals surface area contributed by atoms with Crippen LogP contribution in [-0.4, -0.2) is 11.8 Å². The average molecular weight is 456 g/mol. The van der Waals surface area contributed by atoms with E-state index in [4.69, 9.17) is 0 Å². The minimum atomic E-state index is -0.507. The van der Waals surface area contributed by atoms with Crippen molar-refractivity contribution in [2.24, 2.45) is 0 Å². The van der Waals surface area contributed by atoms with Crippen molar-refractivity contribution in [3.05, 3.63) is 105 Å². The Kier molecular flexibility index (Phi) is 6.01. The Morgan fingerprint density at radius 2 is 1.19 bits per heavy atom. The molecule has 0 fully saturated rings. The molecule has 0 spiro atoms. The van der Waals surface area contributed by atoms with Gasteiger partial charge in [-0.1, -0.05) is 72.8 Å². The van der Waals surface area contributed by atoms with Gasteiger partial charge in [0.05, 0.1) is 11.5 Å². The number of rotatable bonds is 4. The molecule has 0 aromatic heterocycles. The molecule has 3 aromatic rings. The Bertz CT molecular complexity index is 859. The molecular formula is C21H17IN2O2. The van der Waals surface area contributed by atoms with Crippen LogP contribution < -0.4 is 10.9 Å². The molecule has 2 N–H and O–H groups in total. The van der Waals surface area contributed by atoms with Crippen LogP contribution in [0.25, 0.3) is 0 Å². The zero-order valence-corrected chi connectivity index (χ0v) is 16.0. The molecule has 130 valence electrons. The van der Waals surface area contributed by atoms with Crippen LogP contribution in [-0.2, 0) is 4.79 Å². The lowest BCUT2D eigenvalue weighted by atomic mass is 9.91. The summed E-state index contributed by atoms with van der Waals surface area (Å²) < 4.78 is 0.819. The van der Waals surface area contributed by atoms with Gasteiger partial charge in [0.2, 0.25) is 5.91 Å². The molecule has 4 nitrogen and oxygen atoms in total. The predicted octanol–water partition coefficient (Wildman–Crippen LogP) is 3.88. The van der Waals surface area contributed by atoms with Gasteiger partial charge in [0.1, 0.15) is 0 Å². The molecule has 5 heteroatoms. The van der Waals surface area contributed by atoms with E-state index in [9.17, 15) is 9.59 Å². The van der Waals surface area contributed by atoms with Gasteiger partial charge in [-0.05, 0) is 45.9 Å². The fourth-order valence-electron chi connectivity index (χ4n) is 2.69. The third-order valence-electron chi connectivity index (χ3n) is 3.95. The van der Waals surface area contributed by atoms with Gasteiger partial charge < -0.3 is 0 Å². The van der Waals surface area contributed by atoms with Crippen molar-refractivity contribution in [3.8, 4) is 0 Å². The highest BCUT2D eigenvalue weighted by Gasteiger charge is 2.23. The van der Waals surface area contributed by atoms with Gasteiger partial charge in [0.25, 0.3) is 5.91 Å². The summed E-state index contributed by atoms with van der Waals surface area (Å²) in [6.07, 6.45) is 0. The first-order chi connectivity index (χ1) is 12.7. The molecule has 0 unspecified atom stereocenters. The maximum absolute atomic E-state index is 12.8. The quantitative estimate of drug-likeness (QED) is 0.463. The number of hydrogen-bond donors (Lipinski definition) is 2. The number of hydrogen-bond acceptors (Lipinski definition) is 2. The number of benzene rings is 3. The summed E-state index contributed by atoms with van der Waals surface area (Å²) in [5.41, 5.74) is 7.32. The summed E-state index contributed by atoms with van der Waals surface area (Å²) in [6.45, 7) is 0. The lowest BCUT2D eigenvalue weighted by Gasteiger charge is -2.18. The van der Waals surface area contributed by atoms with Crippen molar-refractivity contribution in [2.45, 2.75) is 5.92 Å². The van der Waals surface area contributed by atoms with Gasteiger partial charge in [-0.15, -0.1) is 0 Å². The number of amides is 2. The van der Waals surface area contributed by atoms with Crippen LogP contribution in [0.5, 0.6) is 0 Å². The second-order valence-electron chi connectivity index (χ2n) is 5.68. The van der Waals surface area contributed by atoms with Crippen LogP contribution in [0.15, 0.2) is 84.9 Å². The highest BCUT2D eigenvalue weighted by molar-refractivity contribution is 14.1. The number of carbonyl (C=O) groups is 2. The third kappa shape index (κ3) is 4.29. The summed E-state index contributed by atoms with van der Waals surface area (Å²) in [5.74, 6) is -1.14. The Morgan fingerprint density at radius 3 is 1.73 bits per heavy atom. The van der Waals surface area contributed by atoms with E-state index >= 15 is 0 Å². The van der Waals surface area contributed by atoms with Crippen LogP contribution >= 0.6 is 22.6 Å². The molecule has 2 amide bonds. The molecular weight excluding hydrogens is 439 g/mol. The predicted molar refractivity (Wildman–Crippen MR) is 109 cm³/mol. The normalized spacial score (nSPS) is 10.4. The molecule has 3 rings (SSSR count). The minimum Gasteiger partial charge on any atom is -0.272 e. The van der Waals surface area contributed by atoms with E-state index in [1.54, 1.807) is 12.1 Å². The van der Waals surface area contributed by atoms with Gasteiger partial charge in [-0.2, -0.15) is 0 Å². The molecule has 0 saturated heterocycles. The van der Waals surface area contributed by atoms with E-state index in [0.717, 1.165) is 14.7 Å². The first kappa shape index (κ1) is 18.1. The maximum atomic E-state index is 12.8. The van der Waals surface area contributed by atoms with Crippen molar-refractivity contribution in [1.82, 2.24) is 10.9 Å². The smallest absolute Gasteiger partial charge is 0.270 e. The second-order valence-corrected chi connectivity index (χ2v) is 6.84. The van der Waals surface area contributed by atoms with Crippen LogP contribution in [0.4, 0.5) is 0 Å². The maximum Gasteiger partial charge on any atom is 0.270 e. The molecule has 26 heavy (non-hydrogen) atoms. The first-order valence-electron chi connectivity index (χ1n) is 8.11. The molecule has 0 radical (unpaired) electrons. The van der Waals surface area contributed by atoms with Crippen molar-refractivity contribution in [2.75, 3.05) is 0 Å². The van der Waals surface area contributed by atoms with Gasteiger partial charge in [-0.25, -0.2) is 0 Å². The molecule has 0 atom stereocenters. The monoisotopic (exact) mass is 456 g/mol. The van der Waals surface area contributed by atoms with Gasteiger partial charge in [-0.3, -0.25) is 20.4 Å². The summed E-state index contributed by atoms with van der Waals surface area (Å²) >= 11 is 2.09. The highest BCUT2D eigenvalue weighted by Crippen LogP contribution is 2.24. The molecule has 0 heterocycles. The Hall–Kier alpha value is -2.67.